The standard InChI is InChI=1S/C54H95N8O29P/c1-28(66)58-40-46(74)43(71)35(25-63)88-52(40)85-22-19-82-16-13-55-38(69)11-9-33(50(78)56-14-17-83-20-23-86-53-41(59-29(2)67)47(75)44(72)36(26-64)89-53)61-39(70)12-10-34(62-49(77)31-5-7-32(8-6-31)91-92(4,80)81)51(79)57-15-18-84-21-24-87-54-42(60-30(3)68)48(76)45(73)37(27-65)90-54/h31-37,40-48,52-54,63-65,71-76H,5-27H2,1-4H3,(H,55,69)(H,56,78)(H,57,79)(H,58,66)(H,59,67)(H,60,68)(H,61,70)(H,62,77)(H,80,81). The van der Waals surface area contributed by atoms with E-state index in [0.717, 1.165) is 6.66 Å². The monoisotopic (exact) mass is 1350 g/mol. The van der Waals surface area contributed by atoms with Gasteiger partial charge in [0.05, 0.1) is 85.4 Å². The Morgan fingerprint density at radius 2 is 0.826 bits per heavy atom. The Bertz CT molecular complexity index is 2350. The Hall–Kier alpha value is -4.81. The average Bonchev–Trinajstić information content (AvgIpc) is 0.846. The van der Waals surface area contributed by atoms with Crippen LogP contribution in [0.3, 0.4) is 0 Å². The number of nitrogens with one attached hydrogen (secondary N) is 8. The van der Waals surface area contributed by atoms with Gasteiger partial charge in [-0.3, -0.25) is 42.9 Å². The number of hydrogen-bond donors (Lipinski definition) is 18. The highest BCUT2D eigenvalue weighted by atomic mass is 31.2. The van der Waals surface area contributed by atoms with Crippen LogP contribution >= 0.6 is 7.60 Å². The molecule has 18 N–H and O–H groups in total. The van der Waals surface area contributed by atoms with Crippen molar-refractivity contribution in [3.8, 4) is 0 Å². The first-order chi connectivity index (χ1) is 43.7. The van der Waals surface area contributed by atoms with Gasteiger partial charge in [-0.15, -0.1) is 0 Å². The van der Waals surface area contributed by atoms with Crippen molar-refractivity contribution in [3.05, 3.63) is 0 Å². The summed E-state index contributed by atoms with van der Waals surface area (Å²) in [6.45, 7) is 1.29. The SMILES string of the molecule is CC(=O)NC1C(OCCOCCNC(=O)CCC(NC(=O)CCC(NC(=O)C2CCC(OP(C)(=O)O)CC2)C(=O)NCCOCCOC2OC(CO)C(O)C(O)C2NC(C)=O)C(=O)NCCOCCOC2OC(CO)C(O)C(O)C2NC(C)=O)OC(CO)C(O)C1O. The maximum atomic E-state index is 13.8. The predicted molar refractivity (Wildman–Crippen MR) is 310 cm³/mol. The van der Waals surface area contributed by atoms with Crippen LogP contribution in [0.4, 0.5) is 0 Å². The van der Waals surface area contributed by atoms with Crippen LogP contribution in [0.15, 0.2) is 0 Å². The first kappa shape index (κ1) is 79.6. The van der Waals surface area contributed by atoms with Gasteiger partial charge in [-0.25, -0.2) is 0 Å². The van der Waals surface area contributed by atoms with Gasteiger partial charge in [0, 0.05) is 65.8 Å². The zero-order valence-corrected chi connectivity index (χ0v) is 52.8. The van der Waals surface area contributed by atoms with Crippen LogP contribution in [0.2, 0.25) is 0 Å². The molecule has 37 nitrogen and oxygen atoms in total. The predicted octanol–water partition coefficient (Wildman–Crippen LogP) is -8.81. The molecule has 0 bridgehead atoms. The third-order valence-electron chi connectivity index (χ3n) is 14.9. The molecule has 3 heterocycles. The van der Waals surface area contributed by atoms with Crippen LogP contribution in [-0.4, -0.2) is 314 Å². The molecule has 18 unspecified atom stereocenters. The number of hydrogen-bond acceptors (Lipinski definition) is 28. The van der Waals surface area contributed by atoms with Gasteiger partial charge in [0.25, 0.3) is 0 Å². The van der Waals surface area contributed by atoms with E-state index in [-0.39, 0.29) is 124 Å². The highest BCUT2D eigenvalue weighted by Gasteiger charge is 2.48. The van der Waals surface area contributed by atoms with Crippen molar-refractivity contribution in [2.24, 2.45) is 5.92 Å². The molecule has 0 spiro atoms. The Morgan fingerprint density at radius 1 is 0.478 bits per heavy atom. The highest BCUT2D eigenvalue weighted by Crippen LogP contribution is 2.42. The normalized spacial score (nSPS) is 30.3. The molecular formula is C54H95N8O29P. The van der Waals surface area contributed by atoms with Crippen molar-refractivity contribution in [2.45, 2.75) is 182 Å². The van der Waals surface area contributed by atoms with Crippen LogP contribution in [-0.2, 0) is 90.1 Å². The number of aliphatic hydroxyl groups is 9. The van der Waals surface area contributed by atoms with Gasteiger partial charge in [0.15, 0.2) is 18.9 Å². The lowest BCUT2D eigenvalue weighted by atomic mass is 9.86. The Balaban J connectivity index is 1.35. The molecule has 18 atom stereocenters. The molecule has 4 aliphatic rings. The minimum atomic E-state index is -3.82. The topological polar surface area (TPSA) is 544 Å². The summed E-state index contributed by atoms with van der Waals surface area (Å²) in [5.41, 5.74) is 0. The fourth-order valence-electron chi connectivity index (χ4n) is 10.3. The fourth-order valence-corrected chi connectivity index (χ4v) is 11.0. The van der Waals surface area contributed by atoms with Crippen LogP contribution in [0, 0.1) is 5.92 Å². The van der Waals surface area contributed by atoms with Crippen molar-refractivity contribution in [3.63, 3.8) is 0 Å². The van der Waals surface area contributed by atoms with E-state index in [1.54, 1.807) is 0 Å². The molecule has 3 aliphatic heterocycles. The van der Waals surface area contributed by atoms with Gasteiger partial charge in [0.2, 0.25) is 47.3 Å². The number of ether oxygens (including phenoxy) is 9. The highest BCUT2D eigenvalue weighted by molar-refractivity contribution is 7.51. The number of amides is 8. The summed E-state index contributed by atoms with van der Waals surface area (Å²) in [4.78, 5) is 113. The van der Waals surface area contributed by atoms with Crippen molar-refractivity contribution >= 4 is 54.9 Å². The number of rotatable bonds is 40. The van der Waals surface area contributed by atoms with E-state index in [1.165, 1.54) is 20.8 Å². The molecule has 1 aliphatic carbocycles. The Labute approximate surface area is 530 Å². The largest absolute Gasteiger partial charge is 0.394 e. The van der Waals surface area contributed by atoms with Crippen LogP contribution in [0.25, 0.3) is 0 Å². The molecular weight excluding hydrogens is 1260 g/mol. The minimum Gasteiger partial charge on any atom is -0.394 e. The zero-order chi connectivity index (χ0) is 68.1. The summed E-state index contributed by atoms with van der Waals surface area (Å²) in [5, 5.41) is 112. The molecule has 38 heteroatoms. The summed E-state index contributed by atoms with van der Waals surface area (Å²) >= 11 is 0. The number of aliphatic hydroxyl groups excluding tert-OH is 9. The minimum absolute atomic E-state index is 0.0310. The van der Waals surface area contributed by atoms with E-state index in [2.05, 4.69) is 42.5 Å². The van der Waals surface area contributed by atoms with Crippen molar-refractivity contribution < 1.29 is 141 Å². The summed E-state index contributed by atoms with van der Waals surface area (Å²) in [6, 6.07) is -6.26. The summed E-state index contributed by atoms with van der Waals surface area (Å²) in [7, 11) is -3.82. The lowest BCUT2D eigenvalue weighted by Crippen LogP contribution is -2.64. The van der Waals surface area contributed by atoms with Crippen molar-refractivity contribution in [1.82, 2.24) is 42.5 Å². The molecule has 530 valence electrons. The molecule has 4 fully saturated rings. The first-order valence-corrected chi connectivity index (χ1v) is 32.4. The average molecular weight is 1350 g/mol. The van der Waals surface area contributed by atoms with E-state index in [4.69, 9.17) is 47.2 Å². The smallest absolute Gasteiger partial charge is 0.325 e. The quantitative estimate of drug-likeness (QED) is 0.0200. The Kier molecular flexibility index (Phi) is 35.7. The fraction of sp³-hybridized carbons (Fsp3) is 0.852. The first-order valence-electron chi connectivity index (χ1n) is 30.3. The lowest BCUT2D eigenvalue weighted by Gasteiger charge is -2.42. The molecule has 1 saturated carbocycles. The molecule has 92 heavy (non-hydrogen) atoms. The maximum absolute atomic E-state index is 13.8. The van der Waals surface area contributed by atoms with Gasteiger partial charge >= 0.3 is 7.60 Å². The summed E-state index contributed by atoms with van der Waals surface area (Å²) in [5.74, 6) is -5.65. The summed E-state index contributed by atoms with van der Waals surface area (Å²) in [6.07, 6.45) is -17.5. The zero-order valence-electron chi connectivity index (χ0n) is 51.9. The van der Waals surface area contributed by atoms with Gasteiger partial charge in [-0.2, -0.15) is 0 Å². The van der Waals surface area contributed by atoms with Crippen LogP contribution in [0.5, 0.6) is 0 Å². The van der Waals surface area contributed by atoms with Crippen LogP contribution < -0.4 is 42.5 Å². The summed E-state index contributed by atoms with van der Waals surface area (Å²) < 4.78 is 67.3. The van der Waals surface area contributed by atoms with Gasteiger partial charge in [-0.1, -0.05) is 0 Å². The lowest BCUT2D eigenvalue weighted by molar-refractivity contribution is -0.272. The second kappa shape index (κ2) is 41.2. The van der Waals surface area contributed by atoms with Gasteiger partial charge < -0.3 is 141 Å². The maximum Gasteiger partial charge on any atom is 0.325 e. The number of carbonyl (C=O) groups is 8. The second-order valence-electron chi connectivity index (χ2n) is 22.3. The second-order valence-corrected chi connectivity index (χ2v) is 24.1. The van der Waals surface area contributed by atoms with Crippen molar-refractivity contribution in [2.75, 3.05) is 106 Å². The van der Waals surface area contributed by atoms with E-state index in [0.29, 0.717) is 0 Å². The molecule has 0 radical (unpaired) electrons. The molecule has 0 aromatic rings. The Morgan fingerprint density at radius 3 is 1.17 bits per heavy atom. The van der Waals surface area contributed by atoms with Gasteiger partial charge in [-0.05, 0) is 38.5 Å². The molecule has 4 rings (SSSR count). The molecule has 0 aromatic carbocycles. The van der Waals surface area contributed by atoms with Crippen LogP contribution in [0.1, 0.15) is 72.1 Å². The molecule has 8 amide bonds. The van der Waals surface area contributed by atoms with E-state index in [9.17, 15) is 93.8 Å². The third kappa shape index (κ3) is 27.5. The van der Waals surface area contributed by atoms with E-state index in [1.807, 2.05) is 0 Å². The number of carbonyl (C=O) groups excluding carboxylic acids is 8. The van der Waals surface area contributed by atoms with E-state index >= 15 is 0 Å². The van der Waals surface area contributed by atoms with Gasteiger partial charge in [0.1, 0.15) is 85.1 Å². The molecule has 3 saturated heterocycles. The van der Waals surface area contributed by atoms with E-state index < -0.39 is 197 Å². The molecule has 0 aromatic heterocycles. The van der Waals surface area contributed by atoms with Crippen molar-refractivity contribution in [1.29, 1.82) is 0 Å². The third-order valence-corrected chi connectivity index (χ3v) is 15.6.